The van der Waals surface area contributed by atoms with Gasteiger partial charge in [0.25, 0.3) is 0 Å². The molecule has 1 aliphatic heterocycles. The predicted molar refractivity (Wildman–Crippen MR) is 52.9 cm³/mol. The number of hydrogen-bond acceptors (Lipinski definition) is 2. The Hall–Kier alpha value is -1.09. The van der Waals surface area contributed by atoms with Crippen LogP contribution in [-0.2, 0) is 0 Å². The molecule has 0 aliphatic carbocycles. The highest BCUT2D eigenvalue weighted by atomic mass is 19.1. The van der Waals surface area contributed by atoms with Crippen molar-refractivity contribution >= 4 is 0 Å². The second-order valence-corrected chi connectivity index (χ2v) is 3.54. The fourth-order valence-corrected chi connectivity index (χ4v) is 1.92. The third-order valence-corrected chi connectivity index (χ3v) is 2.63. The van der Waals surface area contributed by atoms with E-state index in [0.717, 1.165) is 18.5 Å². The lowest BCUT2D eigenvalue weighted by Gasteiger charge is -2.14. The van der Waals surface area contributed by atoms with Crippen molar-refractivity contribution in [3.05, 3.63) is 29.6 Å². The summed E-state index contributed by atoms with van der Waals surface area (Å²) in [6.07, 6.45) is 2.27. The Morgan fingerprint density at radius 1 is 1.50 bits per heavy atom. The summed E-state index contributed by atoms with van der Waals surface area (Å²) in [5.41, 5.74) is 1.06. The van der Waals surface area contributed by atoms with Crippen LogP contribution in [0.3, 0.4) is 0 Å². The molecule has 0 unspecified atom stereocenters. The van der Waals surface area contributed by atoms with Crippen LogP contribution in [0.1, 0.15) is 24.4 Å². The van der Waals surface area contributed by atoms with Crippen molar-refractivity contribution in [1.82, 2.24) is 5.32 Å². The Morgan fingerprint density at radius 3 is 3.00 bits per heavy atom. The molecule has 0 bridgehead atoms. The van der Waals surface area contributed by atoms with Gasteiger partial charge in [-0.15, -0.1) is 0 Å². The molecule has 1 N–H and O–H groups in total. The van der Waals surface area contributed by atoms with Crippen molar-refractivity contribution < 1.29 is 9.13 Å². The zero-order chi connectivity index (χ0) is 9.97. The highest BCUT2D eigenvalue weighted by Crippen LogP contribution is 2.31. The summed E-state index contributed by atoms with van der Waals surface area (Å²) >= 11 is 0. The van der Waals surface area contributed by atoms with Gasteiger partial charge < -0.3 is 10.1 Å². The molecule has 76 valence electrons. The van der Waals surface area contributed by atoms with Crippen LogP contribution in [0.4, 0.5) is 4.39 Å². The van der Waals surface area contributed by atoms with Gasteiger partial charge in [-0.05, 0) is 25.5 Å². The minimum atomic E-state index is -0.247. The first-order valence-corrected chi connectivity index (χ1v) is 4.88. The van der Waals surface area contributed by atoms with Crippen LogP contribution in [0.5, 0.6) is 5.75 Å². The molecule has 1 saturated heterocycles. The van der Waals surface area contributed by atoms with Crippen molar-refractivity contribution in [2.75, 3.05) is 13.7 Å². The van der Waals surface area contributed by atoms with Crippen molar-refractivity contribution in [2.45, 2.75) is 18.9 Å². The van der Waals surface area contributed by atoms with Crippen LogP contribution in [0.25, 0.3) is 0 Å². The molecule has 2 rings (SSSR count). The average molecular weight is 195 g/mol. The Kier molecular flexibility index (Phi) is 2.68. The molecule has 1 aliphatic rings. The monoisotopic (exact) mass is 195 g/mol. The van der Waals surface area contributed by atoms with Crippen LogP contribution in [0.2, 0.25) is 0 Å². The van der Waals surface area contributed by atoms with Gasteiger partial charge in [-0.1, -0.05) is 6.07 Å². The summed E-state index contributed by atoms with van der Waals surface area (Å²) in [6, 6.07) is 5.05. The molecule has 0 spiro atoms. The molecule has 0 saturated carbocycles. The largest absolute Gasteiger partial charge is 0.496 e. The average Bonchev–Trinajstić information content (AvgIpc) is 2.70. The fraction of sp³-hybridized carbons (Fsp3) is 0.455. The Balaban J connectivity index is 2.31. The van der Waals surface area contributed by atoms with Crippen LogP contribution in [0.15, 0.2) is 18.2 Å². The molecule has 1 aromatic carbocycles. The maximum atomic E-state index is 12.9. The number of ether oxygens (including phenoxy) is 1. The summed E-state index contributed by atoms with van der Waals surface area (Å²) in [6.45, 7) is 1.03. The van der Waals surface area contributed by atoms with E-state index in [9.17, 15) is 4.39 Å². The molecule has 1 heterocycles. The maximum Gasteiger partial charge on any atom is 0.126 e. The first-order valence-electron chi connectivity index (χ1n) is 4.88. The van der Waals surface area contributed by atoms with Crippen LogP contribution < -0.4 is 10.1 Å². The molecule has 2 nitrogen and oxygen atoms in total. The second kappa shape index (κ2) is 3.96. The van der Waals surface area contributed by atoms with Gasteiger partial charge in [-0.25, -0.2) is 4.39 Å². The normalized spacial score (nSPS) is 21.1. The fourth-order valence-electron chi connectivity index (χ4n) is 1.92. The molecule has 0 amide bonds. The van der Waals surface area contributed by atoms with E-state index in [1.165, 1.54) is 18.6 Å². The van der Waals surface area contributed by atoms with E-state index in [0.29, 0.717) is 11.8 Å². The number of hydrogen-bond donors (Lipinski definition) is 1. The van der Waals surface area contributed by atoms with Crippen molar-refractivity contribution in [2.24, 2.45) is 0 Å². The number of methoxy groups -OCH3 is 1. The SMILES string of the molecule is COc1cc(F)ccc1[C@@H]1CCCN1. The number of halogens is 1. The van der Waals surface area contributed by atoms with E-state index < -0.39 is 0 Å². The van der Waals surface area contributed by atoms with E-state index in [1.807, 2.05) is 0 Å². The van der Waals surface area contributed by atoms with Crippen molar-refractivity contribution in [3.63, 3.8) is 0 Å². The first-order chi connectivity index (χ1) is 6.81. The quantitative estimate of drug-likeness (QED) is 0.781. The van der Waals surface area contributed by atoms with Gasteiger partial charge in [0, 0.05) is 17.7 Å². The molecule has 3 heteroatoms. The number of benzene rings is 1. The van der Waals surface area contributed by atoms with Gasteiger partial charge in [0.2, 0.25) is 0 Å². The predicted octanol–water partition coefficient (Wildman–Crippen LogP) is 2.26. The molecular formula is C11H14FNO. The van der Waals surface area contributed by atoms with Crippen LogP contribution in [-0.4, -0.2) is 13.7 Å². The molecule has 1 aromatic rings. The zero-order valence-corrected chi connectivity index (χ0v) is 8.22. The minimum Gasteiger partial charge on any atom is -0.496 e. The standard InChI is InChI=1S/C11H14FNO/c1-14-11-7-8(12)4-5-9(11)10-3-2-6-13-10/h4-5,7,10,13H,2-3,6H2,1H3/t10-/m0/s1. The van der Waals surface area contributed by atoms with Gasteiger partial charge in [0.1, 0.15) is 11.6 Å². The topological polar surface area (TPSA) is 21.3 Å². The summed E-state index contributed by atoms with van der Waals surface area (Å²) in [5.74, 6) is 0.396. The Bertz CT molecular complexity index is 321. The van der Waals surface area contributed by atoms with Crippen molar-refractivity contribution in [1.29, 1.82) is 0 Å². The third kappa shape index (κ3) is 1.73. The molecule has 0 radical (unpaired) electrons. The first kappa shape index (κ1) is 9.46. The van der Waals surface area contributed by atoms with Gasteiger partial charge in [0.05, 0.1) is 7.11 Å². The summed E-state index contributed by atoms with van der Waals surface area (Å²) < 4.78 is 18.1. The lowest BCUT2D eigenvalue weighted by Crippen LogP contribution is -2.13. The smallest absolute Gasteiger partial charge is 0.126 e. The lowest BCUT2D eigenvalue weighted by molar-refractivity contribution is 0.400. The van der Waals surface area contributed by atoms with Gasteiger partial charge >= 0.3 is 0 Å². The minimum absolute atomic E-state index is 0.247. The molecular weight excluding hydrogens is 181 g/mol. The molecule has 1 atom stereocenters. The Morgan fingerprint density at radius 2 is 2.36 bits per heavy atom. The van der Waals surface area contributed by atoms with E-state index in [2.05, 4.69) is 5.32 Å². The highest BCUT2D eigenvalue weighted by molar-refractivity contribution is 5.36. The van der Waals surface area contributed by atoms with E-state index in [1.54, 1.807) is 13.2 Å². The van der Waals surface area contributed by atoms with Crippen LogP contribution in [0, 0.1) is 5.82 Å². The van der Waals surface area contributed by atoms with E-state index >= 15 is 0 Å². The zero-order valence-electron chi connectivity index (χ0n) is 8.22. The van der Waals surface area contributed by atoms with E-state index in [4.69, 9.17) is 4.74 Å². The lowest BCUT2D eigenvalue weighted by atomic mass is 10.0. The maximum absolute atomic E-state index is 12.9. The summed E-state index contributed by atoms with van der Waals surface area (Å²) in [7, 11) is 1.58. The van der Waals surface area contributed by atoms with Gasteiger partial charge in [-0.3, -0.25) is 0 Å². The number of rotatable bonds is 2. The summed E-state index contributed by atoms with van der Waals surface area (Å²) in [4.78, 5) is 0. The highest BCUT2D eigenvalue weighted by Gasteiger charge is 2.19. The van der Waals surface area contributed by atoms with Gasteiger partial charge in [-0.2, -0.15) is 0 Å². The molecule has 1 fully saturated rings. The second-order valence-electron chi connectivity index (χ2n) is 3.54. The van der Waals surface area contributed by atoms with Crippen LogP contribution >= 0.6 is 0 Å². The molecule has 0 aromatic heterocycles. The van der Waals surface area contributed by atoms with Gasteiger partial charge in [0.15, 0.2) is 0 Å². The third-order valence-electron chi connectivity index (χ3n) is 2.63. The summed E-state index contributed by atoms with van der Waals surface area (Å²) in [5, 5.41) is 3.36. The Labute approximate surface area is 83.1 Å². The van der Waals surface area contributed by atoms with E-state index in [-0.39, 0.29) is 5.82 Å². The number of nitrogens with one attached hydrogen (secondary N) is 1. The van der Waals surface area contributed by atoms with Crippen molar-refractivity contribution in [3.8, 4) is 5.75 Å². The molecule has 14 heavy (non-hydrogen) atoms.